The predicted molar refractivity (Wildman–Crippen MR) is 99.0 cm³/mol. The normalized spacial score (nSPS) is 14.5. The molecule has 142 valence electrons. The second-order valence-electron chi connectivity index (χ2n) is 5.88. The van der Waals surface area contributed by atoms with Crippen LogP contribution >= 0.6 is 12.4 Å². The highest BCUT2D eigenvalue weighted by atomic mass is 35.5. The fourth-order valence-electron chi connectivity index (χ4n) is 2.60. The van der Waals surface area contributed by atoms with Crippen molar-refractivity contribution in [1.29, 1.82) is 0 Å². The molecule has 0 bridgehead atoms. The SMILES string of the molecule is Cc1oc(C(=O)OCCN2CCOCC2)cc1COc1ccccc1.Cl. The molecule has 0 atom stereocenters. The van der Waals surface area contributed by atoms with Crippen LogP contribution in [0.3, 0.4) is 0 Å². The van der Waals surface area contributed by atoms with Crippen molar-refractivity contribution in [1.82, 2.24) is 4.90 Å². The summed E-state index contributed by atoms with van der Waals surface area (Å²) in [6.07, 6.45) is 0. The maximum Gasteiger partial charge on any atom is 0.374 e. The van der Waals surface area contributed by atoms with Gasteiger partial charge >= 0.3 is 5.97 Å². The van der Waals surface area contributed by atoms with Gasteiger partial charge in [0.1, 0.15) is 24.7 Å². The standard InChI is InChI=1S/C19H23NO5.ClH/c1-15-16(14-24-17-5-3-2-4-6-17)13-18(25-15)19(21)23-12-9-20-7-10-22-11-8-20;/h2-6,13H,7-12,14H2,1H3;1H. The molecule has 6 nitrogen and oxygen atoms in total. The molecule has 2 heterocycles. The second-order valence-corrected chi connectivity index (χ2v) is 5.88. The van der Waals surface area contributed by atoms with Crippen LogP contribution in [0.4, 0.5) is 0 Å². The summed E-state index contributed by atoms with van der Waals surface area (Å²) >= 11 is 0. The van der Waals surface area contributed by atoms with Crippen LogP contribution < -0.4 is 4.74 Å². The van der Waals surface area contributed by atoms with E-state index in [-0.39, 0.29) is 18.2 Å². The molecule has 3 rings (SSSR count). The number of halogens is 1. The summed E-state index contributed by atoms with van der Waals surface area (Å²) in [6.45, 7) is 6.42. The number of carbonyl (C=O) groups is 1. The van der Waals surface area contributed by atoms with E-state index in [1.165, 1.54) is 0 Å². The molecular formula is C19H24ClNO5. The Kier molecular flexibility index (Phi) is 7.97. The van der Waals surface area contributed by atoms with Gasteiger partial charge in [0, 0.05) is 25.2 Å². The smallest absolute Gasteiger partial charge is 0.374 e. The summed E-state index contributed by atoms with van der Waals surface area (Å²) < 4.78 is 21.8. The lowest BCUT2D eigenvalue weighted by molar-refractivity contribution is 0.0181. The summed E-state index contributed by atoms with van der Waals surface area (Å²) in [6, 6.07) is 11.2. The third-order valence-corrected chi connectivity index (χ3v) is 4.10. The van der Waals surface area contributed by atoms with Gasteiger partial charge in [-0.25, -0.2) is 4.79 Å². The van der Waals surface area contributed by atoms with Gasteiger partial charge in [0.2, 0.25) is 5.76 Å². The van der Waals surface area contributed by atoms with Crippen LogP contribution in [0.15, 0.2) is 40.8 Å². The fraction of sp³-hybridized carbons (Fsp3) is 0.421. The Morgan fingerprint density at radius 3 is 2.65 bits per heavy atom. The molecule has 2 aromatic rings. The molecule has 1 fully saturated rings. The van der Waals surface area contributed by atoms with Gasteiger partial charge in [-0.3, -0.25) is 4.90 Å². The van der Waals surface area contributed by atoms with E-state index < -0.39 is 5.97 Å². The van der Waals surface area contributed by atoms with Gasteiger partial charge in [0.05, 0.1) is 13.2 Å². The van der Waals surface area contributed by atoms with Crippen LogP contribution in [-0.2, 0) is 16.1 Å². The number of hydrogen-bond donors (Lipinski definition) is 0. The Morgan fingerprint density at radius 2 is 1.92 bits per heavy atom. The fourth-order valence-corrected chi connectivity index (χ4v) is 2.60. The third kappa shape index (κ3) is 5.76. The van der Waals surface area contributed by atoms with Crippen molar-refractivity contribution in [2.24, 2.45) is 0 Å². The molecule has 0 saturated carbocycles. The number of rotatable bonds is 7. The summed E-state index contributed by atoms with van der Waals surface area (Å²) in [5.74, 6) is 1.21. The third-order valence-electron chi connectivity index (χ3n) is 4.10. The lowest BCUT2D eigenvalue weighted by atomic mass is 10.2. The molecular weight excluding hydrogens is 358 g/mol. The molecule has 7 heteroatoms. The average molecular weight is 382 g/mol. The molecule has 1 aromatic carbocycles. The van der Waals surface area contributed by atoms with Gasteiger partial charge in [0.15, 0.2) is 0 Å². The molecule has 1 aromatic heterocycles. The van der Waals surface area contributed by atoms with Crippen LogP contribution in [0.25, 0.3) is 0 Å². The molecule has 1 aliphatic heterocycles. The Hall–Kier alpha value is -2.02. The van der Waals surface area contributed by atoms with E-state index in [2.05, 4.69) is 4.90 Å². The zero-order chi connectivity index (χ0) is 17.5. The average Bonchev–Trinajstić information content (AvgIpc) is 3.02. The van der Waals surface area contributed by atoms with Crippen molar-refractivity contribution >= 4 is 18.4 Å². The molecule has 1 aliphatic rings. The summed E-state index contributed by atoms with van der Waals surface area (Å²) in [5.41, 5.74) is 0.837. The van der Waals surface area contributed by atoms with Gasteiger partial charge in [-0.2, -0.15) is 0 Å². The first-order chi connectivity index (χ1) is 12.2. The lowest BCUT2D eigenvalue weighted by Gasteiger charge is -2.25. The lowest BCUT2D eigenvalue weighted by Crippen LogP contribution is -2.38. The van der Waals surface area contributed by atoms with Gasteiger partial charge < -0.3 is 18.6 Å². The molecule has 0 radical (unpaired) electrons. The minimum Gasteiger partial charge on any atom is -0.489 e. The Bertz CT molecular complexity index is 682. The Morgan fingerprint density at radius 1 is 1.19 bits per heavy atom. The molecule has 1 saturated heterocycles. The minimum absolute atomic E-state index is 0. The van der Waals surface area contributed by atoms with E-state index in [9.17, 15) is 4.79 Å². The number of para-hydroxylation sites is 1. The van der Waals surface area contributed by atoms with Gasteiger partial charge in [-0.05, 0) is 25.1 Å². The van der Waals surface area contributed by atoms with Gasteiger partial charge in [-0.1, -0.05) is 18.2 Å². The molecule has 26 heavy (non-hydrogen) atoms. The van der Waals surface area contributed by atoms with Crippen LogP contribution in [0.1, 0.15) is 21.9 Å². The van der Waals surface area contributed by atoms with E-state index in [0.717, 1.165) is 37.6 Å². The van der Waals surface area contributed by atoms with Crippen molar-refractivity contribution in [2.75, 3.05) is 39.5 Å². The van der Waals surface area contributed by atoms with Crippen LogP contribution in [0, 0.1) is 6.92 Å². The van der Waals surface area contributed by atoms with Crippen molar-refractivity contribution < 1.29 is 23.4 Å². The highest BCUT2D eigenvalue weighted by Gasteiger charge is 2.17. The van der Waals surface area contributed by atoms with E-state index in [1.807, 2.05) is 37.3 Å². The minimum atomic E-state index is -0.442. The largest absolute Gasteiger partial charge is 0.489 e. The van der Waals surface area contributed by atoms with Crippen LogP contribution in [0.5, 0.6) is 5.75 Å². The highest BCUT2D eigenvalue weighted by molar-refractivity contribution is 5.86. The number of benzene rings is 1. The highest BCUT2D eigenvalue weighted by Crippen LogP contribution is 2.18. The monoisotopic (exact) mass is 381 g/mol. The number of carbonyl (C=O) groups excluding carboxylic acids is 1. The van der Waals surface area contributed by atoms with Crippen molar-refractivity contribution in [3.8, 4) is 5.75 Å². The number of nitrogens with zero attached hydrogens (tertiary/aromatic N) is 1. The number of morpholine rings is 1. The number of hydrogen-bond acceptors (Lipinski definition) is 6. The quantitative estimate of drug-likeness (QED) is 0.687. The molecule has 0 aliphatic carbocycles. The molecule has 0 N–H and O–H groups in total. The van der Waals surface area contributed by atoms with Crippen molar-refractivity contribution in [3.05, 3.63) is 53.5 Å². The molecule has 0 amide bonds. The maximum absolute atomic E-state index is 12.1. The van der Waals surface area contributed by atoms with E-state index in [4.69, 9.17) is 18.6 Å². The summed E-state index contributed by atoms with van der Waals surface area (Å²) in [7, 11) is 0. The molecule has 0 unspecified atom stereocenters. The zero-order valence-electron chi connectivity index (χ0n) is 14.8. The summed E-state index contributed by atoms with van der Waals surface area (Å²) in [4.78, 5) is 14.3. The summed E-state index contributed by atoms with van der Waals surface area (Å²) in [5, 5.41) is 0. The number of furan rings is 1. The number of aryl methyl sites for hydroxylation is 1. The first-order valence-electron chi connectivity index (χ1n) is 8.47. The van der Waals surface area contributed by atoms with Crippen molar-refractivity contribution in [3.63, 3.8) is 0 Å². The Labute approximate surface area is 159 Å². The van der Waals surface area contributed by atoms with E-state index in [1.54, 1.807) is 6.07 Å². The number of esters is 1. The molecule has 0 spiro atoms. The second kappa shape index (κ2) is 10.2. The van der Waals surface area contributed by atoms with E-state index in [0.29, 0.717) is 25.5 Å². The van der Waals surface area contributed by atoms with E-state index >= 15 is 0 Å². The van der Waals surface area contributed by atoms with Gasteiger partial charge in [-0.15, -0.1) is 12.4 Å². The Balaban J connectivity index is 0.00000243. The van der Waals surface area contributed by atoms with Gasteiger partial charge in [0.25, 0.3) is 0 Å². The van der Waals surface area contributed by atoms with Crippen LogP contribution in [-0.4, -0.2) is 50.3 Å². The first-order valence-corrected chi connectivity index (χ1v) is 8.47. The topological polar surface area (TPSA) is 61.1 Å². The van der Waals surface area contributed by atoms with Crippen molar-refractivity contribution in [2.45, 2.75) is 13.5 Å². The predicted octanol–water partition coefficient (Wildman–Crippen LogP) is 3.08. The first kappa shape index (κ1) is 20.3. The maximum atomic E-state index is 12.1. The number of ether oxygens (including phenoxy) is 3. The zero-order valence-corrected chi connectivity index (χ0v) is 15.6. The van der Waals surface area contributed by atoms with Crippen LogP contribution in [0.2, 0.25) is 0 Å².